The normalized spacial score (nSPS) is 21.5. The average Bonchev–Trinajstić information content (AvgIpc) is 2.62. The van der Waals surface area contributed by atoms with Gasteiger partial charge in [0.25, 0.3) is 5.91 Å². The van der Waals surface area contributed by atoms with E-state index in [4.69, 9.17) is 4.74 Å². The van der Waals surface area contributed by atoms with Gasteiger partial charge >= 0.3 is 0 Å². The summed E-state index contributed by atoms with van der Waals surface area (Å²) in [4.78, 5) is 28.4. The number of halogens is 1. The lowest BCUT2D eigenvalue weighted by Crippen LogP contribution is -2.57. The summed E-state index contributed by atoms with van der Waals surface area (Å²) in [6.07, 6.45) is 0. The van der Waals surface area contributed by atoms with Crippen LogP contribution < -0.4 is 5.32 Å². The Balaban J connectivity index is 0.00000192. The van der Waals surface area contributed by atoms with Crippen molar-refractivity contribution in [2.75, 3.05) is 45.9 Å². The highest BCUT2D eigenvalue weighted by molar-refractivity contribution is 5.94. The molecule has 2 fully saturated rings. The molecule has 1 aromatic rings. The van der Waals surface area contributed by atoms with Gasteiger partial charge in [-0.2, -0.15) is 0 Å². The molecular weight excluding hydrogens is 318 g/mol. The van der Waals surface area contributed by atoms with E-state index >= 15 is 0 Å². The van der Waals surface area contributed by atoms with Crippen molar-refractivity contribution in [3.8, 4) is 0 Å². The molecular formula is C16H22ClN3O3. The smallest absolute Gasteiger partial charge is 0.253 e. The lowest BCUT2D eigenvalue weighted by molar-refractivity contribution is -0.137. The number of amides is 2. The van der Waals surface area contributed by atoms with Crippen LogP contribution in [0.3, 0.4) is 0 Å². The second-order valence-electron chi connectivity index (χ2n) is 5.57. The van der Waals surface area contributed by atoms with Crippen LogP contribution in [-0.4, -0.2) is 73.6 Å². The fraction of sp³-hybridized carbons (Fsp3) is 0.500. The Bertz CT molecular complexity index is 527. The number of hydrogen-bond donors (Lipinski definition) is 1. The van der Waals surface area contributed by atoms with E-state index in [1.165, 1.54) is 0 Å². The van der Waals surface area contributed by atoms with Gasteiger partial charge < -0.3 is 19.9 Å². The number of nitrogens with zero attached hydrogens (tertiary/aromatic N) is 2. The first-order chi connectivity index (χ1) is 10.8. The van der Waals surface area contributed by atoms with Crippen LogP contribution in [0.5, 0.6) is 0 Å². The first-order valence-corrected chi connectivity index (χ1v) is 7.70. The molecule has 1 unspecified atom stereocenters. The summed E-state index contributed by atoms with van der Waals surface area (Å²) in [5.74, 6) is 0.110. The third kappa shape index (κ3) is 4.22. The first-order valence-electron chi connectivity index (χ1n) is 7.70. The van der Waals surface area contributed by atoms with Crippen molar-refractivity contribution in [1.82, 2.24) is 15.1 Å². The predicted octanol–water partition coefficient (Wildman–Crippen LogP) is 0.381. The zero-order chi connectivity index (χ0) is 15.4. The minimum Gasteiger partial charge on any atom is -0.378 e. The molecule has 23 heavy (non-hydrogen) atoms. The summed E-state index contributed by atoms with van der Waals surface area (Å²) in [6.45, 7) is 4.11. The van der Waals surface area contributed by atoms with Crippen LogP contribution in [0.15, 0.2) is 30.3 Å². The summed E-state index contributed by atoms with van der Waals surface area (Å²) in [5, 5.41) is 3.18. The monoisotopic (exact) mass is 339 g/mol. The molecule has 3 rings (SSSR count). The van der Waals surface area contributed by atoms with Crippen LogP contribution in [0.4, 0.5) is 0 Å². The van der Waals surface area contributed by atoms with Crippen molar-refractivity contribution >= 4 is 24.2 Å². The maximum Gasteiger partial charge on any atom is 0.253 e. The molecule has 2 aliphatic rings. The second kappa shape index (κ2) is 8.29. The lowest BCUT2D eigenvalue weighted by Gasteiger charge is -2.37. The molecule has 7 heteroatoms. The van der Waals surface area contributed by atoms with E-state index in [-0.39, 0.29) is 30.3 Å². The van der Waals surface area contributed by atoms with Gasteiger partial charge in [0.15, 0.2) is 0 Å². The fourth-order valence-corrected chi connectivity index (χ4v) is 2.84. The Hall–Kier alpha value is -1.63. The molecule has 1 atom stereocenters. The first kappa shape index (κ1) is 17.7. The zero-order valence-corrected chi connectivity index (χ0v) is 13.8. The van der Waals surface area contributed by atoms with Gasteiger partial charge in [-0.25, -0.2) is 0 Å². The Labute approximate surface area is 142 Å². The number of nitrogens with one attached hydrogen (secondary N) is 1. The highest BCUT2D eigenvalue weighted by Gasteiger charge is 2.30. The molecule has 0 spiro atoms. The van der Waals surface area contributed by atoms with Crippen LogP contribution >= 0.6 is 12.4 Å². The molecule has 0 radical (unpaired) electrons. The molecule has 6 nitrogen and oxygen atoms in total. The number of carbonyl (C=O) groups is 2. The number of morpholine rings is 1. The van der Waals surface area contributed by atoms with E-state index in [9.17, 15) is 9.59 Å². The summed E-state index contributed by atoms with van der Waals surface area (Å²) >= 11 is 0. The molecule has 2 heterocycles. The number of hydrogen-bond acceptors (Lipinski definition) is 4. The Morgan fingerprint density at radius 3 is 2.30 bits per heavy atom. The standard InChI is InChI=1S/C16H21N3O3.ClH/c20-15(13-4-2-1-3-5-13)18-7-9-19(10-8-18)16(21)14-12-22-11-6-17-14;/h1-5,14,17H,6-12H2;1H. The molecule has 126 valence electrons. The van der Waals surface area contributed by atoms with E-state index in [0.717, 1.165) is 0 Å². The van der Waals surface area contributed by atoms with Gasteiger partial charge in [0.1, 0.15) is 6.04 Å². The fourth-order valence-electron chi connectivity index (χ4n) is 2.84. The Morgan fingerprint density at radius 1 is 1.04 bits per heavy atom. The van der Waals surface area contributed by atoms with Crippen molar-refractivity contribution in [3.05, 3.63) is 35.9 Å². The van der Waals surface area contributed by atoms with Gasteiger partial charge in [0.2, 0.25) is 5.91 Å². The molecule has 2 amide bonds. The minimum absolute atomic E-state index is 0. The topological polar surface area (TPSA) is 61.9 Å². The molecule has 0 aliphatic carbocycles. The van der Waals surface area contributed by atoms with Crippen molar-refractivity contribution < 1.29 is 14.3 Å². The van der Waals surface area contributed by atoms with Crippen molar-refractivity contribution in [2.45, 2.75) is 6.04 Å². The third-order valence-corrected chi connectivity index (χ3v) is 4.12. The van der Waals surface area contributed by atoms with E-state index < -0.39 is 0 Å². The molecule has 0 aromatic heterocycles. The highest BCUT2D eigenvalue weighted by Crippen LogP contribution is 2.10. The van der Waals surface area contributed by atoms with Gasteiger partial charge in [-0.3, -0.25) is 9.59 Å². The Kier molecular flexibility index (Phi) is 6.38. The summed E-state index contributed by atoms with van der Waals surface area (Å²) in [6, 6.07) is 9.02. The molecule has 2 saturated heterocycles. The quantitative estimate of drug-likeness (QED) is 0.846. The minimum atomic E-state index is -0.245. The van der Waals surface area contributed by atoms with Crippen molar-refractivity contribution in [2.24, 2.45) is 0 Å². The number of carbonyl (C=O) groups excluding carboxylic acids is 2. The average molecular weight is 340 g/mol. The second-order valence-corrected chi connectivity index (χ2v) is 5.57. The van der Waals surface area contributed by atoms with E-state index in [1.807, 2.05) is 40.1 Å². The molecule has 1 N–H and O–H groups in total. The van der Waals surface area contributed by atoms with Crippen molar-refractivity contribution in [3.63, 3.8) is 0 Å². The van der Waals surface area contributed by atoms with Crippen LogP contribution in [-0.2, 0) is 9.53 Å². The lowest BCUT2D eigenvalue weighted by atomic mass is 10.1. The van der Waals surface area contributed by atoms with Gasteiger partial charge in [-0.1, -0.05) is 18.2 Å². The largest absolute Gasteiger partial charge is 0.378 e. The molecule has 0 saturated carbocycles. The van der Waals surface area contributed by atoms with Crippen LogP contribution in [0.25, 0.3) is 0 Å². The summed E-state index contributed by atoms with van der Waals surface area (Å²) < 4.78 is 5.34. The number of benzene rings is 1. The maximum atomic E-state index is 12.4. The Morgan fingerprint density at radius 2 is 1.70 bits per heavy atom. The van der Waals surface area contributed by atoms with Gasteiger partial charge in [0, 0.05) is 38.3 Å². The number of ether oxygens (including phenoxy) is 1. The van der Waals surface area contributed by atoms with Gasteiger partial charge in [0.05, 0.1) is 13.2 Å². The van der Waals surface area contributed by atoms with Crippen LogP contribution in [0.2, 0.25) is 0 Å². The van der Waals surface area contributed by atoms with Crippen molar-refractivity contribution in [1.29, 1.82) is 0 Å². The number of piperazine rings is 1. The van der Waals surface area contributed by atoms with Gasteiger partial charge in [-0.15, -0.1) is 12.4 Å². The van der Waals surface area contributed by atoms with E-state index in [0.29, 0.717) is 51.5 Å². The molecule has 2 aliphatic heterocycles. The third-order valence-electron chi connectivity index (χ3n) is 4.12. The maximum absolute atomic E-state index is 12.4. The zero-order valence-electron chi connectivity index (χ0n) is 12.9. The van der Waals surface area contributed by atoms with E-state index in [1.54, 1.807) is 0 Å². The molecule has 1 aromatic carbocycles. The summed E-state index contributed by atoms with van der Waals surface area (Å²) in [7, 11) is 0. The van der Waals surface area contributed by atoms with E-state index in [2.05, 4.69) is 5.32 Å². The van der Waals surface area contributed by atoms with Crippen LogP contribution in [0.1, 0.15) is 10.4 Å². The van der Waals surface area contributed by atoms with Gasteiger partial charge in [-0.05, 0) is 12.1 Å². The predicted molar refractivity (Wildman–Crippen MR) is 88.8 cm³/mol. The number of rotatable bonds is 2. The highest BCUT2D eigenvalue weighted by atomic mass is 35.5. The molecule has 0 bridgehead atoms. The summed E-state index contributed by atoms with van der Waals surface area (Å²) in [5.41, 5.74) is 0.699. The van der Waals surface area contributed by atoms with Crippen LogP contribution in [0, 0.1) is 0 Å². The SMILES string of the molecule is Cl.O=C(c1ccccc1)N1CCN(C(=O)C2COCCN2)CC1.